The molecule has 0 aliphatic carbocycles. The third-order valence-electron chi connectivity index (χ3n) is 1.86. The maximum absolute atomic E-state index is 11.1. The Morgan fingerprint density at radius 3 is 2.53 bits per heavy atom. The molecular weight excluding hydrogens is 194 g/mol. The van der Waals surface area contributed by atoms with Crippen LogP contribution in [-0.2, 0) is 9.63 Å². The Balaban J connectivity index is 2.65. The summed E-state index contributed by atoms with van der Waals surface area (Å²) in [7, 11) is 1.21. The van der Waals surface area contributed by atoms with E-state index in [1.807, 2.05) is 31.2 Å². The number of hydroxylamine groups is 2. The van der Waals surface area contributed by atoms with Crippen LogP contribution in [0, 0.1) is 6.92 Å². The van der Waals surface area contributed by atoms with Gasteiger partial charge in [0.15, 0.2) is 0 Å². The van der Waals surface area contributed by atoms with Gasteiger partial charge in [0.25, 0.3) is 5.91 Å². The van der Waals surface area contributed by atoms with Gasteiger partial charge < -0.3 is 0 Å². The predicted molar refractivity (Wildman–Crippen MR) is 55.9 cm³/mol. The molecule has 0 spiro atoms. The summed E-state index contributed by atoms with van der Waals surface area (Å²) in [5.41, 5.74) is 2.04. The molecule has 1 rings (SSSR count). The normalized spacial score (nSPS) is 10.6. The number of aryl methyl sites for hydroxylation is 1. The molecule has 0 heterocycles. The summed E-state index contributed by atoms with van der Waals surface area (Å²) in [5.74, 6) is -0.627. The van der Waals surface area contributed by atoms with E-state index in [2.05, 4.69) is 4.84 Å². The molecule has 0 fully saturated rings. The number of carbonyl (C=O) groups is 1. The van der Waals surface area contributed by atoms with Crippen molar-refractivity contribution in [2.24, 2.45) is 0 Å². The minimum absolute atomic E-state index is 0.171. The molecule has 0 unspecified atom stereocenters. The van der Waals surface area contributed by atoms with Crippen molar-refractivity contribution >= 4 is 12.0 Å². The van der Waals surface area contributed by atoms with E-state index in [9.17, 15) is 4.79 Å². The topological polar surface area (TPSA) is 49.8 Å². The highest BCUT2D eigenvalue weighted by Crippen LogP contribution is 2.05. The van der Waals surface area contributed by atoms with Crippen molar-refractivity contribution in [3.63, 3.8) is 0 Å². The van der Waals surface area contributed by atoms with Gasteiger partial charge in [-0.25, -0.2) is 4.84 Å². The number of carbonyl (C=O) groups excluding carboxylic acids is 1. The largest absolute Gasteiger partial charge is 0.296 e. The fourth-order valence-corrected chi connectivity index (χ4v) is 0.999. The zero-order valence-electron chi connectivity index (χ0n) is 8.68. The van der Waals surface area contributed by atoms with Crippen molar-refractivity contribution in [1.82, 2.24) is 5.23 Å². The number of nitrogens with zero attached hydrogens (tertiary/aromatic N) is 1. The molecule has 1 N–H and O–H groups in total. The lowest BCUT2D eigenvalue weighted by Gasteiger charge is -2.06. The van der Waals surface area contributed by atoms with Crippen LogP contribution in [0.1, 0.15) is 11.1 Å². The molecule has 4 heteroatoms. The zero-order valence-corrected chi connectivity index (χ0v) is 8.68. The van der Waals surface area contributed by atoms with Crippen LogP contribution in [0.4, 0.5) is 0 Å². The summed E-state index contributed by atoms with van der Waals surface area (Å²) in [6.45, 7) is 1.99. The van der Waals surface area contributed by atoms with Gasteiger partial charge >= 0.3 is 0 Å². The van der Waals surface area contributed by atoms with E-state index in [1.165, 1.54) is 13.2 Å². The van der Waals surface area contributed by atoms with Gasteiger partial charge in [-0.3, -0.25) is 10.0 Å². The maximum Gasteiger partial charge on any atom is 0.296 e. The summed E-state index contributed by atoms with van der Waals surface area (Å²) in [6.07, 6.45) is 2.83. The predicted octanol–water partition coefficient (Wildman–Crippen LogP) is 1.79. The van der Waals surface area contributed by atoms with Crippen LogP contribution in [0.25, 0.3) is 6.08 Å². The van der Waals surface area contributed by atoms with Crippen molar-refractivity contribution in [3.05, 3.63) is 41.5 Å². The molecule has 80 valence electrons. The highest BCUT2D eigenvalue weighted by Gasteiger charge is 2.04. The van der Waals surface area contributed by atoms with E-state index in [4.69, 9.17) is 5.21 Å². The second-order valence-corrected chi connectivity index (χ2v) is 3.04. The molecule has 0 atom stereocenters. The summed E-state index contributed by atoms with van der Waals surface area (Å²) in [6, 6.07) is 7.65. The second-order valence-electron chi connectivity index (χ2n) is 3.04. The lowest BCUT2D eigenvalue weighted by atomic mass is 10.1. The first-order valence-corrected chi connectivity index (χ1v) is 4.45. The molecule has 1 amide bonds. The number of rotatable bonds is 3. The molecule has 0 bridgehead atoms. The minimum atomic E-state index is -0.627. The highest BCUT2D eigenvalue weighted by atomic mass is 16.9. The van der Waals surface area contributed by atoms with Gasteiger partial charge in [0.05, 0.1) is 7.11 Å². The fraction of sp³-hybridized carbons (Fsp3) is 0.182. The van der Waals surface area contributed by atoms with Crippen molar-refractivity contribution in [2.75, 3.05) is 7.11 Å². The first-order valence-electron chi connectivity index (χ1n) is 4.45. The van der Waals surface area contributed by atoms with E-state index in [0.29, 0.717) is 0 Å². The Kier molecular flexibility index (Phi) is 4.03. The van der Waals surface area contributed by atoms with Gasteiger partial charge in [-0.2, -0.15) is 0 Å². The van der Waals surface area contributed by atoms with Gasteiger partial charge in [0.2, 0.25) is 0 Å². The van der Waals surface area contributed by atoms with Crippen molar-refractivity contribution in [1.29, 1.82) is 0 Å². The van der Waals surface area contributed by atoms with Crippen molar-refractivity contribution in [3.8, 4) is 0 Å². The van der Waals surface area contributed by atoms with Gasteiger partial charge in [0, 0.05) is 6.08 Å². The Labute approximate surface area is 88.3 Å². The number of hydrogen-bond donors (Lipinski definition) is 1. The van der Waals surface area contributed by atoms with Crippen LogP contribution < -0.4 is 0 Å². The monoisotopic (exact) mass is 207 g/mol. The lowest BCUT2D eigenvalue weighted by Crippen LogP contribution is -2.23. The number of hydrogen-bond acceptors (Lipinski definition) is 3. The average molecular weight is 207 g/mol. The summed E-state index contributed by atoms with van der Waals surface area (Å²) >= 11 is 0. The van der Waals surface area contributed by atoms with Crippen molar-refractivity contribution in [2.45, 2.75) is 6.92 Å². The quantitative estimate of drug-likeness (QED) is 0.467. The van der Waals surface area contributed by atoms with E-state index >= 15 is 0 Å². The Bertz CT molecular complexity index is 357. The van der Waals surface area contributed by atoms with E-state index in [1.54, 1.807) is 6.08 Å². The minimum Gasteiger partial charge on any atom is -0.265 e. The molecule has 15 heavy (non-hydrogen) atoms. The van der Waals surface area contributed by atoms with Gasteiger partial charge in [0.1, 0.15) is 0 Å². The van der Waals surface area contributed by atoms with Crippen LogP contribution in [0.15, 0.2) is 30.3 Å². The molecule has 0 saturated heterocycles. The summed E-state index contributed by atoms with van der Waals surface area (Å²) in [4.78, 5) is 15.4. The van der Waals surface area contributed by atoms with Gasteiger partial charge in [-0.05, 0) is 18.6 Å². The molecule has 0 saturated carbocycles. The molecule has 0 aliphatic heterocycles. The second kappa shape index (κ2) is 5.29. The first kappa shape index (κ1) is 11.4. The SMILES string of the molecule is CON(O)C(=O)C=Cc1ccc(C)cc1. The molecule has 1 aromatic rings. The van der Waals surface area contributed by atoms with Crippen LogP contribution in [0.2, 0.25) is 0 Å². The molecule has 0 aliphatic rings. The van der Waals surface area contributed by atoms with Crippen LogP contribution in [-0.4, -0.2) is 23.5 Å². The molecule has 0 aromatic heterocycles. The Morgan fingerprint density at radius 2 is 2.00 bits per heavy atom. The summed E-state index contributed by atoms with van der Waals surface area (Å²) in [5, 5.41) is 9.03. The van der Waals surface area contributed by atoms with Crippen LogP contribution in [0.3, 0.4) is 0 Å². The van der Waals surface area contributed by atoms with E-state index < -0.39 is 5.91 Å². The van der Waals surface area contributed by atoms with Gasteiger partial charge in [-0.1, -0.05) is 35.1 Å². The van der Waals surface area contributed by atoms with E-state index in [0.717, 1.165) is 11.1 Å². The maximum atomic E-state index is 11.1. The van der Waals surface area contributed by atoms with Crippen molar-refractivity contribution < 1.29 is 14.8 Å². The molecule has 1 aromatic carbocycles. The first-order chi connectivity index (χ1) is 7.13. The Hall–Kier alpha value is -1.65. The van der Waals surface area contributed by atoms with Crippen LogP contribution >= 0.6 is 0 Å². The lowest BCUT2D eigenvalue weighted by molar-refractivity contribution is -0.297. The standard InChI is InChI=1S/C11H13NO3/c1-9-3-5-10(6-4-9)7-8-11(13)12(14)15-2/h3-8,14H,1-2H3. The van der Waals surface area contributed by atoms with E-state index in [-0.39, 0.29) is 5.23 Å². The highest BCUT2D eigenvalue weighted by molar-refractivity contribution is 5.90. The number of benzene rings is 1. The van der Waals surface area contributed by atoms with Crippen LogP contribution in [0.5, 0.6) is 0 Å². The third-order valence-corrected chi connectivity index (χ3v) is 1.86. The fourth-order valence-electron chi connectivity index (χ4n) is 0.999. The molecular formula is C11H13NO3. The average Bonchev–Trinajstić information content (AvgIpc) is 2.26. The molecule has 4 nitrogen and oxygen atoms in total. The zero-order chi connectivity index (χ0) is 11.3. The summed E-state index contributed by atoms with van der Waals surface area (Å²) < 4.78 is 0. The Morgan fingerprint density at radius 1 is 1.40 bits per heavy atom. The number of amides is 1. The molecule has 0 radical (unpaired) electrons. The smallest absolute Gasteiger partial charge is 0.265 e. The third kappa shape index (κ3) is 3.53. The van der Waals surface area contributed by atoms with Gasteiger partial charge in [-0.15, -0.1) is 0 Å².